The topological polar surface area (TPSA) is 71.4 Å². The van der Waals surface area contributed by atoms with E-state index in [0.29, 0.717) is 10.7 Å². The minimum atomic E-state index is -3.91. The first kappa shape index (κ1) is 16.3. The van der Waals surface area contributed by atoms with Crippen molar-refractivity contribution in [3.63, 3.8) is 0 Å². The molecule has 0 saturated carbocycles. The van der Waals surface area contributed by atoms with Crippen molar-refractivity contribution >= 4 is 32.3 Å². The molecule has 3 aromatic rings. The highest BCUT2D eigenvalue weighted by molar-refractivity contribution is 7.90. The molecule has 0 saturated heterocycles. The number of amidine groups is 1. The van der Waals surface area contributed by atoms with Crippen molar-refractivity contribution in [3.05, 3.63) is 77.6 Å². The van der Waals surface area contributed by atoms with Gasteiger partial charge in [0.1, 0.15) is 5.82 Å². The van der Waals surface area contributed by atoms with E-state index in [2.05, 4.69) is 14.7 Å². The highest BCUT2D eigenvalue weighted by atomic mass is 32.2. The third-order valence-corrected chi connectivity index (χ3v) is 5.01. The molecule has 0 aliphatic rings. The zero-order valence-electron chi connectivity index (χ0n) is 12.3. The fourth-order valence-corrected chi connectivity index (χ4v) is 3.43. The van der Waals surface area contributed by atoms with Gasteiger partial charge in [-0.3, -0.25) is 0 Å². The number of rotatable bonds is 4. The van der Waals surface area contributed by atoms with E-state index in [1.807, 2.05) is 0 Å². The quantitative estimate of drug-likeness (QED) is 0.570. The maximum Gasteiger partial charge on any atom is 0.284 e. The van der Waals surface area contributed by atoms with Crippen LogP contribution in [0.25, 0.3) is 0 Å². The molecule has 0 amide bonds. The van der Waals surface area contributed by atoms with Crippen LogP contribution < -0.4 is 5.32 Å². The van der Waals surface area contributed by atoms with Gasteiger partial charge in [0.25, 0.3) is 10.0 Å². The van der Waals surface area contributed by atoms with Crippen LogP contribution in [-0.4, -0.2) is 19.2 Å². The molecular weight excluding hydrogens is 349 g/mol. The first-order valence-corrected chi connectivity index (χ1v) is 9.19. The van der Waals surface area contributed by atoms with Crippen LogP contribution >= 0.6 is 11.3 Å². The van der Waals surface area contributed by atoms with Crippen LogP contribution in [0, 0.1) is 5.82 Å². The number of nitrogens with zero attached hydrogens (tertiary/aromatic N) is 2. The minimum Gasteiger partial charge on any atom is -0.315 e. The van der Waals surface area contributed by atoms with E-state index in [0.717, 1.165) is 0 Å². The summed E-state index contributed by atoms with van der Waals surface area (Å²) in [5.74, 6) is -0.341. The number of halogens is 1. The Kier molecular flexibility index (Phi) is 4.68. The normalized spacial score (nSPS) is 12.1. The summed E-state index contributed by atoms with van der Waals surface area (Å²) in [5.41, 5.74) is 0.436. The number of hydrogen-bond donors (Lipinski definition) is 1. The number of nitrogens with one attached hydrogen (secondary N) is 1. The highest BCUT2D eigenvalue weighted by Crippen LogP contribution is 2.17. The molecule has 2 aromatic carbocycles. The molecule has 122 valence electrons. The van der Waals surface area contributed by atoms with Crippen LogP contribution in [0.4, 0.5) is 9.52 Å². The molecule has 0 aliphatic carbocycles. The summed E-state index contributed by atoms with van der Waals surface area (Å²) in [4.78, 5) is 4.13. The summed E-state index contributed by atoms with van der Waals surface area (Å²) in [6, 6.07) is 13.3. The number of thiazole rings is 1. The lowest BCUT2D eigenvalue weighted by Crippen LogP contribution is -2.16. The fraction of sp³-hybridized carbons (Fsp3) is 0. The predicted molar refractivity (Wildman–Crippen MR) is 92.3 cm³/mol. The van der Waals surface area contributed by atoms with E-state index in [4.69, 9.17) is 0 Å². The van der Waals surface area contributed by atoms with Gasteiger partial charge in [-0.15, -0.1) is 15.7 Å². The Morgan fingerprint density at radius 2 is 1.79 bits per heavy atom. The van der Waals surface area contributed by atoms with E-state index < -0.39 is 15.8 Å². The van der Waals surface area contributed by atoms with Gasteiger partial charge in [-0.05, 0) is 36.4 Å². The largest absolute Gasteiger partial charge is 0.315 e. The van der Waals surface area contributed by atoms with Gasteiger partial charge in [0.15, 0.2) is 11.0 Å². The van der Waals surface area contributed by atoms with E-state index in [1.165, 1.54) is 47.7 Å². The van der Waals surface area contributed by atoms with Crippen molar-refractivity contribution in [2.24, 2.45) is 4.40 Å². The lowest BCUT2D eigenvalue weighted by Gasteiger charge is -2.08. The van der Waals surface area contributed by atoms with Crippen molar-refractivity contribution in [2.75, 3.05) is 5.32 Å². The lowest BCUT2D eigenvalue weighted by atomic mass is 10.2. The molecule has 0 atom stereocenters. The Labute approximate surface area is 142 Å². The van der Waals surface area contributed by atoms with Crippen LogP contribution in [0.5, 0.6) is 0 Å². The van der Waals surface area contributed by atoms with Crippen LogP contribution in [-0.2, 0) is 10.0 Å². The average Bonchev–Trinajstić information content (AvgIpc) is 3.09. The van der Waals surface area contributed by atoms with Crippen molar-refractivity contribution in [1.82, 2.24) is 4.98 Å². The summed E-state index contributed by atoms with van der Waals surface area (Å²) in [5, 5.41) is 5.11. The number of hydrogen-bond acceptors (Lipinski definition) is 4. The van der Waals surface area contributed by atoms with Crippen molar-refractivity contribution in [2.45, 2.75) is 4.90 Å². The molecule has 0 radical (unpaired) electrons. The zero-order valence-corrected chi connectivity index (χ0v) is 13.9. The second kappa shape index (κ2) is 6.90. The molecule has 1 heterocycles. The summed E-state index contributed by atoms with van der Waals surface area (Å²) in [7, 11) is -3.91. The number of benzene rings is 2. The van der Waals surface area contributed by atoms with Gasteiger partial charge >= 0.3 is 0 Å². The van der Waals surface area contributed by atoms with Crippen molar-refractivity contribution in [3.8, 4) is 0 Å². The average molecular weight is 361 g/mol. The number of anilines is 1. The van der Waals surface area contributed by atoms with E-state index in [-0.39, 0.29) is 10.7 Å². The van der Waals surface area contributed by atoms with E-state index in [9.17, 15) is 12.8 Å². The van der Waals surface area contributed by atoms with Crippen LogP contribution in [0.15, 0.2) is 75.5 Å². The Bertz CT molecular complexity index is 939. The molecule has 1 N–H and O–H groups in total. The molecule has 3 rings (SSSR count). The molecular formula is C16H12FN3O2S2. The highest BCUT2D eigenvalue weighted by Gasteiger charge is 2.16. The minimum absolute atomic E-state index is 0.0746. The maximum atomic E-state index is 13.1. The molecule has 8 heteroatoms. The maximum absolute atomic E-state index is 13.1. The molecule has 0 spiro atoms. The van der Waals surface area contributed by atoms with E-state index in [1.54, 1.807) is 29.8 Å². The second-order valence-corrected chi connectivity index (χ2v) is 7.20. The summed E-state index contributed by atoms with van der Waals surface area (Å²) in [6.45, 7) is 0. The Morgan fingerprint density at radius 3 is 2.42 bits per heavy atom. The smallest absolute Gasteiger partial charge is 0.284 e. The molecule has 0 aliphatic heterocycles. The Balaban J connectivity index is 2.05. The van der Waals surface area contributed by atoms with Crippen LogP contribution in [0.1, 0.15) is 5.56 Å². The fourth-order valence-electron chi connectivity index (χ4n) is 1.91. The second-order valence-electron chi connectivity index (χ2n) is 4.70. The summed E-state index contributed by atoms with van der Waals surface area (Å²) < 4.78 is 42.0. The summed E-state index contributed by atoms with van der Waals surface area (Å²) in [6.07, 6.45) is 1.58. The van der Waals surface area contributed by atoms with Gasteiger partial charge in [-0.25, -0.2) is 9.37 Å². The van der Waals surface area contributed by atoms with Crippen LogP contribution in [0.2, 0.25) is 0 Å². The number of aromatic nitrogens is 1. The third kappa shape index (κ3) is 3.84. The Hall–Kier alpha value is -2.58. The van der Waals surface area contributed by atoms with Crippen LogP contribution in [0.3, 0.4) is 0 Å². The molecule has 0 unspecified atom stereocenters. The standard InChI is InChI=1S/C16H12FN3O2S2/c17-13-8-6-12(7-9-13)15(19-16-18-10-11-23-16)20-24(21,22)14-4-2-1-3-5-14/h1-11H,(H,18,19,20). The van der Waals surface area contributed by atoms with Crippen molar-refractivity contribution in [1.29, 1.82) is 0 Å². The monoisotopic (exact) mass is 361 g/mol. The first-order valence-electron chi connectivity index (χ1n) is 6.87. The molecule has 1 aromatic heterocycles. The molecule has 0 fully saturated rings. The molecule has 0 bridgehead atoms. The predicted octanol–water partition coefficient (Wildman–Crippen LogP) is 3.53. The first-order chi connectivity index (χ1) is 11.5. The van der Waals surface area contributed by atoms with Gasteiger partial charge in [0.05, 0.1) is 4.90 Å². The zero-order chi connectivity index (χ0) is 17.0. The van der Waals surface area contributed by atoms with Gasteiger partial charge in [0.2, 0.25) is 0 Å². The van der Waals surface area contributed by atoms with Gasteiger partial charge in [-0.2, -0.15) is 8.42 Å². The SMILES string of the molecule is O=S(=O)(N=C(Nc1nccs1)c1ccc(F)cc1)c1ccccc1. The van der Waals surface area contributed by atoms with Gasteiger partial charge in [-0.1, -0.05) is 18.2 Å². The third-order valence-electron chi connectivity index (χ3n) is 3.03. The van der Waals surface area contributed by atoms with E-state index >= 15 is 0 Å². The molecule has 5 nitrogen and oxygen atoms in total. The van der Waals surface area contributed by atoms with Gasteiger partial charge < -0.3 is 5.32 Å². The lowest BCUT2D eigenvalue weighted by molar-refractivity contribution is 0.598. The van der Waals surface area contributed by atoms with Gasteiger partial charge in [0, 0.05) is 17.1 Å². The summed E-state index contributed by atoms with van der Waals surface area (Å²) >= 11 is 1.30. The number of sulfonamides is 1. The molecule has 24 heavy (non-hydrogen) atoms. The Morgan fingerprint density at radius 1 is 1.08 bits per heavy atom. The van der Waals surface area contributed by atoms with Crippen molar-refractivity contribution < 1.29 is 12.8 Å².